The Morgan fingerprint density at radius 3 is 2.38 bits per heavy atom. The van der Waals surface area contributed by atoms with E-state index in [-0.39, 0.29) is 18.3 Å². The van der Waals surface area contributed by atoms with Crippen molar-refractivity contribution in [2.45, 2.75) is 26.8 Å². The van der Waals surface area contributed by atoms with Gasteiger partial charge in [0.25, 0.3) is 0 Å². The molecular weight excluding hydrogens is 366 g/mol. The third kappa shape index (κ3) is 3.74. The third-order valence-corrected chi connectivity index (χ3v) is 5.07. The van der Waals surface area contributed by atoms with Crippen LogP contribution in [0.4, 0.5) is 0 Å². The lowest BCUT2D eigenvalue weighted by atomic mass is 10.2. The van der Waals surface area contributed by atoms with E-state index in [1.54, 1.807) is 16.7 Å². The van der Waals surface area contributed by atoms with Gasteiger partial charge in [-0.25, -0.2) is 9.59 Å². The molecule has 0 spiro atoms. The molecule has 0 aliphatic carbocycles. The molecule has 6 nitrogen and oxygen atoms in total. The molecule has 2 aromatic heterocycles. The number of rotatable bonds is 6. The van der Waals surface area contributed by atoms with E-state index in [0.717, 1.165) is 28.1 Å². The Balaban J connectivity index is 1.35. The number of hydrogen-bond donors (Lipinski definition) is 1. The molecule has 1 N–H and O–H groups in total. The highest BCUT2D eigenvalue weighted by molar-refractivity contribution is 5.89. The first-order chi connectivity index (χ1) is 14.0. The van der Waals surface area contributed by atoms with Gasteiger partial charge < -0.3 is 14.3 Å². The minimum Gasteiger partial charge on any atom is -0.462 e. The van der Waals surface area contributed by atoms with Gasteiger partial charge in [0.2, 0.25) is 0 Å². The minimum absolute atomic E-state index is 0.149. The zero-order valence-corrected chi connectivity index (χ0v) is 16.5. The van der Waals surface area contributed by atoms with Crippen LogP contribution in [-0.4, -0.2) is 26.7 Å². The summed E-state index contributed by atoms with van der Waals surface area (Å²) in [5.74, 6) is -0.358. The Morgan fingerprint density at radius 2 is 1.66 bits per heavy atom. The first-order valence-corrected chi connectivity index (χ1v) is 9.64. The summed E-state index contributed by atoms with van der Waals surface area (Å²) >= 11 is 0. The molecule has 2 aromatic carbocycles. The maximum atomic E-state index is 12.3. The molecule has 4 aromatic rings. The van der Waals surface area contributed by atoms with Gasteiger partial charge in [0.15, 0.2) is 0 Å². The Kier molecular flexibility index (Phi) is 5.08. The maximum Gasteiger partial charge on any atom is 0.338 e. The SMILES string of the molecule is Cc1ccc(C)n1-c1ccc(C(=O)OCCCn2c(=O)[nH]c3ccccc32)cc1. The van der Waals surface area contributed by atoms with Gasteiger partial charge in [-0.2, -0.15) is 0 Å². The molecule has 4 rings (SSSR count). The molecule has 0 bridgehead atoms. The number of benzene rings is 2. The predicted molar refractivity (Wildman–Crippen MR) is 113 cm³/mol. The molecule has 0 saturated carbocycles. The molecule has 0 unspecified atom stereocenters. The van der Waals surface area contributed by atoms with Crippen molar-refractivity contribution < 1.29 is 9.53 Å². The van der Waals surface area contributed by atoms with E-state index in [9.17, 15) is 9.59 Å². The van der Waals surface area contributed by atoms with Crippen LogP contribution in [0.3, 0.4) is 0 Å². The number of esters is 1. The van der Waals surface area contributed by atoms with Crippen molar-refractivity contribution >= 4 is 17.0 Å². The number of fused-ring (bicyclic) bond motifs is 1. The third-order valence-electron chi connectivity index (χ3n) is 5.07. The van der Waals surface area contributed by atoms with E-state index in [4.69, 9.17) is 4.74 Å². The molecule has 2 heterocycles. The summed E-state index contributed by atoms with van der Waals surface area (Å²) in [5, 5.41) is 0. The van der Waals surface area contributed by atoms with Gasteiger partial charge in [0, 0.05) is 23.6 Å². The fourth-order valence-electron chi connectivity index (χ4n) is 3.62. The van der Waals surface area contributed by atoms with Crippen molar-refractivity contribution in [3.63, 3.8) is 0 Å². The average Bonchev–Trinajstić information content (AvgIpc) is 3.23. The average molecular weight is 389 g/mol. The standard InChI is InChI=1S/C23H23N3O3/c1-16-8-9-17(2)26(16)19-12-10-18(11-13-19)22(27)29-15-5-14-25-21-7-4-3-6-20(21)24-23(25)28/h3-4,6-13H,5,14-15H2,1-2H3,(H,24,28). The number of hydrogen-bond acceptors (Lipinski definition) is 3. The Morgan fingerprint density at radius 1 is 0.966 bits per heavy atom. The van der Waals surface area contributed by atoms with Crippen molar-refractivity contribution in [1.29, 1.82) is 0 Å². The second-order valence-corrected chi connectivity index (χ2v) is 7.09. The summed E-state index contributed by atoms with van der Waals surface area (Å²) in [5.41, 5.74) is 5.33. The fraction of sp³-hybridized carbons (Fsp3) is 0.217. The number of para-hydroxylation sites is 2. The van der Waals surface area contributed by atoms with Gasteiger partial charge in [-0.05, 0) is 68.8 Å². The van der Waals surface area contributed by atoms with E-state index < -0.39 is 0 Å². The van der Waals surface area contributed by atoms with Crippen molar-refractivity contribution in [2.75, 3.05) is 6.61 Å². The van der Waals surface area contributed by atoms with Gasteiger partial charge >= 0.3 is 11.7 Å². The number of nitrogens with zero attached hydrogens (tertiary/aromatic N) is 2. The summed E-state index contributed by atoms with van der Waals surface area (Å²) in [6.45, 7) is 4.84. The molecule has 0 saturated heterocycles. The van der Waals surface area contributed by atoms with Gasteiger partial charge in [-0.15, -0.1) is 0 Å². The van der Waals surface area contributed by atoms with Crippen LogP contribution in [0.5, 0.6) is 0 Å². The number of H-pyrrole nitrogens is 1. The van der Waals surface area contributed by atoms with Gasteiger partial charge in [-0.1, -0.05) is 12.1 Å². The Bertz CT molecular complexity index is 1190. The van der Waals surface area contributed by atoms with E-state index in [0.29, 0.717) is 18.5 Å². The molecule has 0 radical (unpaired) electrons. The Labute approximate surface area is 168 Å². The second kappa shape index (κ2) is 7.83. The topological polar surface area (TPSA) is 69.0 Å². The normalized spacial score (nSPS) is 11.1. The quantitative estimate of drug-likeness (QED) is 0.401. The highest BCUT2D eigenvalue weighted by Crippen LogP contribution is 2.17. The number of aromatic amines is 1. The highest BCUT2D eigenvalue weighted by atomic mass is 16.5. The zero-order valence-electron chi connectivity index (χ0n) is 16.5. The molecule has 29 heavy (non-hydrogen) atoms. The van der Waals surface area contributed by atoms with Crippen LogP contribution in [-0.2, 0) is 11.3 Å². The summed E-state index contributed by atoms with van der Waals surface area (Å²) in [6, 6.07) is 19.1. The van der Waals surface area contributed by atoms with Crippen molar-refractivity contribution in [3.05, 3.63) is 88.1 Å². The first-order valence-electron chi connectivity index (χ1n) is 9.64. The van der Waals surface area contributed by atoms with Crippen LogP contribution in [0.15, 0.2) is 65.5 Å². The largest absolute Gasteiger partial charge is 0.462 e. The molecular formula is C23H23N3O3. The number of aryl methyl sites for hydroxylation is 3. The molecule has 0 fully saturated rings. The molecule has 0 amide bonds. The highest BCUT2D eigenvalue weighted by Gasteiger charge is 2.10. The van der Waals surface area contributed by atoms with Crippen molar-refractivity contribution in [3.8, 4) is 5.69 Å². The van der Waals surface area contributed by atoms with E-state index >= 15 is 0 Å². The molecule has 6 heteroatoms. The number of carbonyl (C=O) groups excluding carboxylic acids is 1. The number of carbonyl (C=O) groups is 1. The lowest BCUT2D eigenvalue weighted by Gasteiger charge is -2.10. The van der Waals surface area contributed by atoms with E-state index in [1.165, 1.54) is 0 Å². The van der Waals surface area contributed by atoms with Crippen LogP contribution >= 0.6 is 0 Å². The van der Waals surface area contributed by atoms with E-state index in [2.05, 4.69) is 21.7 Å². The van der Waals surface area contributed by atoms with Gasteiger partial charge in [0.05, 0.1) is 23.2 Å². The van der Waals surface area contributed by atoms with Gasteiger partial charge in [0.1, 0.15) is 0 Å². The van der Waals surface area contributed by atoms with E-state index in [1.807, 2.05) is 50.2 Å². The summed E-state index contributed by atoms with van der Waals surface area (Å²) in [4.78, 5) is 27.2. The number of nitrogens with one attached hydrogen (secondary N) is 1. The van der Waals surface area contributed by atoms with Crippen molar-refractivity contribution in [1.82, 2.24) is 14.1 Å². The summed E-state index contributed by atoms with van der Waals surface area (Å²) in [7, 11) is 0. The lowest BCUT2D eigenvalue weighted by molar-refractivity contribution is 0.0496. The minimum atomic E-state index is -0.358. The smallest absolute Gasteiger partial charge is 0.338 e. The van der Waals surface area contributed by atoms with Crippen LogP contribution in [0.25, 0.3) is 16.7 Å². The van der Waals surface area contributed by atoms with Crippen molar-refractivity contribution in [2.24, 2.45) is 0 Å². The van der Waals surface area contributed by atoms with Gasteiger partial charge in [-0.3, -0.25) is 4.57 Å². The molecule has 0 atom stereocenters. The van der Waals surface area contributed by atoms with Crippen LogP contribution < -0.4 is 5.69 Å². The molecule has 148 valence electrons. The number of ether oxygens (including phenoxy) is 1. The second-order valence-electron chi connectivity index (χ2n) is 7.09. The van der Waals surface area contributed by atoms with Crippen LogP contribution in [0.2, 0.25) is 0 Å². The maximum absolute atomic E-state index is 12.3. The van der Waals surface area contributed by atoms with Crippen LogP contribution in [0, 0.1) is 13.8 Å². The predicted octanol–water partition coefficient (Wildman–Crippen LogP) is 3.98. The number of imidazole rings is 1. The fourth-order valence-corrected chi connectivity index (χ4v) is 3.62. The molecule has 0 aliphatic heterocycles. The summed E-state index contributed by atoms with van der Waals surface area (Å²) in [6.07, 6.45) is 0.563. The summed E-state index contributed by atoms with van der Waals surface area (Å²) < 4.78 is 9.18. The first kappa shape index (κ1) is 18.8. The monoisotopic (exact) mass is 389 g/mol. The molecule has 0 aliphatic rings. The lowest BCUT2D eigenvalue weighted by Crippen LogP contribution is -2.18. The van der Waals surface area contributed by atoms with Crippen LogP contribution in [0.1, 0.15) is 28.2 Å². The Hall–Kier alpha value is -3.54. The number of aromatic nitrogens is 3. The zero-order chi connectivity index (χ0) is 20.4.